The predicted octanol–water partition coefficient (Wildman–Crippen LogP) is 2.38. The zero-order valence-corrected chi connectivity index (χ0v) is 13.7. The van der Waals surface area contributed by atoms with Gasteiger partial charge in [0.05, 0.1) is 21.0 Å². The summed E-state index contributed by atoms with van der Waals surface area (Å²) in [6, 6.07) is 14.1. The molecule has 0 bridgehead atoms. The van der Waals surface area contributed by atoms with E-state index in [9.17, 15) is 8.42 Å². The van der Waals surface area contributed by atoms with Crippen LogP contribution < -0.4 is 11.1 Å². The number of fused-ring (bicyclic) bond motifs is 1. The van der Waals surface area contributed by atoms with Gasteiger partial charge < -0.3 is 15.6 Å². The van der Waals surface area contributed by atoms with Gasteiger partial charge in [-0.1, -0.05) is 30.3 Å². The normalized spacial score (nSPS) is 11.7. The van der Waals surface area contributed by atoms with Crippen LogP contribution in [0.25, 0.3) is 10.9 Å². The third kappa shape index (κ3) is 2.71. The van der Waals surface area contributed by atoms with Crippen molar-refractivity contribution >= 4 is 26.4 Å². The van der Waals surface area contributed by atoms with Crippen LogP contribution in [0.4, 0.5) is 5.69 Å². The van der Waals surface area contributed by atoms with Crippen molar-refractivity contribution < 1.29 is 8.42 Å². The molecule has 0 radical (unpaired) electrons. The van der Waals surface area contributed by atoms with Crippen molar-refractivity contribution in [1.29, 1.82) is 0 Å². The Kier molecular flexibility index (Phi) is 4.11. The second-order valence-electron chi connectivity index (χ2n) is 5.34. The highest BCUT2D eigenvalue weighted by Gasteiger charge is 2.23. The third-order valence-corrected chi connectivity index (χ3v) is 5.57. The molecule has 0 atom stereocenters. The Hall–Kier alpha value is -2.31. The maximum Gasteiger partial charge on any atom is 0.208 e. The number of nitrogens with zero attached hydrogens (tertiary/aromatic N) is 1. The number of sulfone groups is 1. The zero-order valence-electron chi connectivity index (χ0n) is 12.9. The summed E-state index contributed by atoms with van der Waals surface area (Å²) in [6.07, 6.45) is 1.67. The molecule has 0 aliphatic carbocycles. The van der Waals surface area contributed by atoms with Gasteiger partial charge in [0.25, 0.3) is 0 Å². The minimum absolute atomic E-state index is 0.299. The monoisotopic (exact) mass is 329 g/mol. The Morgan fingerprint density at radius 2 is 1.83 bits per heavy atom. The minimum atomic E-state index is -3.56. The fraction of sp³-hybridized carbons (Fsp3) is 0.176. The molecule has 0 saturated heterocycles. The highest BCUT2D eigenvalue weighted by molar-refractivity contribution is 7.91. The van der Waals surface area contributed by atoms with Crippen LogP contribution in [0.1, 0.15) is 0 Å². The summed E-state index contributed by atoms with van der Waals surface area (Å²) in [6.45, 7) is 1.14. The second-order valence-corrected chi connectivity index (χ2v) is 7.26. The average molecular weight is 329 g/mol. The van der Waals surface area contributed by atoms with Crippen LogP contribution in [0, 0.1) is 0 Å². The van der Waals surface area contributed by atoms with E-state index in [1.165, 1.54) is 0 Å². The summed E-state index contributed by atoms with van der Waals surface area (Å²) < 4.78 is 27.7. The molecule has 3 aromatic rings. The van der Waals surface area contributed by atoms with E-state index in [4.69, 9.17) is 5.73 Å². The fourth-order valence-corrected chi connectivity index (χ4v) is 4.24. The lowest BCUT2D eigenvalue weighted by molar-refractivity contribution is 0.596. The van der Waals surface area contributed by atoms with E-state index >= 15 is 0 Å². The van der Waals surface area contributed by atoms with Crippen molar-refractivity contribution in [2.75, 3.05) is 18.4 Å². The van der Waals surface area contributed by atoms with Crippen LogP contribution in [0.5, 0.6) is 0 Å². The quantitative estimate of drug-likeness (QED) is 0.753. The first-order valence-electron chi connectivity index (χ1n) is 7.38. The lowest BCUT2D eigenvalue weighted by Gasteiger charge is -2.08. The number of aromatic nitrogens is 1. The summed E-state index contributed by atoms with van der Waals surface area (Å²) in [5.74, 6) is 0. The lowest BCUT2D eigenvalue weighted by atomic mass is 10.2. The van der Waals surface area contributed by atoms with E-state index in [-0.39, 0.29) is 0 Å². The highest BCUT2D eigenvalue weighted by atomic mass is 32.2. The van der Waals surface area contributed by atoms with Crippen molar-refractivity contribution in [1.82, 2.24) is 4.57 Å². The number of aryl methyl sites for hydroxylation is 1. The molecule has 120 valence electrons. The Morgan fingerprint density at radius 1 is 1.09 bits per heavy atom. The van der Waals surface area contributed by atoms with Crippen LogP contribution in [0.3, 0.4) is 0 Å². The molecule has 6 heteroatoms. The van der Waals surface area contributed by atoms with Gasteiger partial charge in [0, 0.05) is 31.7 Å². The standard InChI is InChI=1S/C17H19N3O2S/c1-20-12-16(23(21,22)13-6-3-2-4-7-13)14-8-5-9-15(17(14)20)19-11-10-18/h2-9,12,19H,10-11,18H2,1H3. The highest BCUT2D eigenvalue weighted by Crippen LogP contribution is 2.33. The predicted molar refractivity (Wildman–Crippen MR) is 92.4 cm³/mol. The molecule has 0 amide bonds. The molecule has 0 aliphatic heterocycles. The average Bonchev–Trinajstić information content (AvgIpc) is 2.92. The summed E-state index contributed by atoms with van der Waals surface area (Å²) in [5, 5.41) is 3.95. The van der Waals surface area contributed by atoms with Crippen molar-refractivity contribution in [3.8, 4) is 0 Å². The molecule has 0 unspecified atom stereocenters. The molecule has 3 rings (SSSR count). The van der Waals surface area contributed by atoms with Crippen LogP contribution in [0.15, 0.2) is 64.5 Å². The first-order valence-corrected chi connectivity index (χ1v) is 8.86. The van der Waals surface area contributed by atoms with Gasteiger partial charge in [-0.25, -0.2) is 8.42 Å². The molecule has 0 saturated carbocycles. The maximum atomic E-state index is 12.9. The van der Waals surface area contributed by atoms with E-state index in [1.807, 2.05) is 29.8 Å². The summed E-state index contributed by atoms with van der Waals surface area (Å²) in [4.78, 5) is 0.616. The van der Waals surface area contributed by atoms with E-state index < -0.39 is 9.84 Å². The number of benzene rings is 2. The van der Waals surface area contributed by atoms with Crippen LogP contribution in [-0.2, 0) is 16.9 Å². The molecule has 5 nitrogen and oxygen atoms in total. The van der Waals surface area contributed by atoms with E-state index in [2.05, 4.69) is 5.32 Å². The molecule has 3 N–H and O–H groups in total. The van der Waals surface area contributed by atoms with Crippen molar-refractivity contribution in [2.24, 2.45) is 12.8 Å². The SMILES string of the molecule is Cn1cc(S(=O)(=O)c2ccccc2)c2cccc(NCCN)c21. The molecule has 2 aromatic carbocycles. The Bertz CT molecular complexity index is 931. The van der Waals surface area contributed by atoms with Crippen LogP contribution in [0.2, 0.25) is 0 Å². The maximum absolute atomic E-state index is 12.9. The van der Waals surface area contributed by atoms with Gasteiger partial charge in [0.2, 0.25) is 9.84 Å². The number of nitrogens with two attached hydrogens (primary N) is 1. The molecular weight excluding hydrogens is 310 g/mol. The van der Waals surface area contributed by atoms with Gasteiger partial charge in [-0.05, 0) is 18.2 Å². The number of anilines is 1. The van der Waals surface area contributed by atoms with Crippen molar-refractivity contribution in [3.63, 3.8) is 0 Å². The summed E-state index contributed by atoms with van der Waals surface area (Å²) in [7, 11) is -1.71. The summed E-state index contributed by atoms with van der Waals surface area (Å²) >= 11 is 0. The van der Waals surface area contributed by atoms with Gasteiger partial charge in [-0.2, -0.15) is 0 Å². The first-order chi connectivity index (χ1) is 11.1. The van der Waals surface area contributed by atoms with Gasteiger partial charge in [0.1, 0.15) is 0 Å². The Morgan fingerprint density at radius 3 is 2.52 bits per heavy atom. The van der Waals surface area contributed by atoms with Crippen molar-refractivity contribution in [2.45, 2.75) is 9.79 Å². The van der Waals surface area contributed by atoms with E-state index in [0.717, 1.165) is 11.2 Å². The summed E-state index contributed by atoms with van der Waals surface area (Å²) in [5.41, 5.74) is 7.28. The largest absolute Gasteiger partial charge is 0.382 e. The molecule has 0 aliphatic rings. The van der Waals surface area contributed by atoms with Crippen molar-refractivity contribution in [3.05, 3.63) is 54.7 Å². The molecule has 1 aromatic heterocycles. The molecule has 23 heavy (non-hydrogen) atoms. The topological polar surface area (TPSA) is 77.1 Å². The Labute approximate surface area is 135 Å². The fourth-order valence-electron chi connectivity index (χ4n) is 2.72. The van der Waals surface area contributed by atoms with E-state index in [1.54, 1.807) is 36.5 Å². The Balaban J connectivity index is 2.20. The molecular formula is C17H19N3O2S. The molecule has 0 fully saturated rings. The zero-order chi connectivity index (χ0) is 16.4. The van der Waals surface area contributed by atoms with Gasteiger partial charge >= 0.3 is 0 Å². The number of nitrogens with one attached hydrogen (secondary N) is 1. The number of rotatable bonds is 5. The smallest absolute Gasteiger partial charge is 0.208 e. The second kappa shape index (κ2) is 6.06. The van der Waals surface area contributed by atoms with Gasteiger partial charge in [-0.3, -0.25) is 0 Å². The third-order valence-electron chi connectivity index (χ3n) is 3.77. The van der Waals surface area contributed by atoms with Gasteiger partial charge in [0.15, 0.2) is 0 Å². The number of hydrogen-bond acceptors (Lipinski definition) is 4. The number of para-hydroxylation sites is 1. The lowest BCUT2D eigenvalue weighted by Crippen LogP contribution is -2.13. The number of hydrogen-bond donors (Lipinski definition) is 2. The van der Waals surface area contributed by atoms with Crippen LogP contribution in [-0.4, -0.2) is 26.1 Å². The molecule has 1 heterocycles. The first kappa shape index (κ1) is 15.6. The van der Waals surface area contributed by atoms with E-state index in [0.29, 0.717) is 28.3 Å². The van der Waals surface area contributed by atoms with Crippen LogP contribution >= 0.6 is 0 Å². The molecule has 0 spiro atoms. The minimum Gasteiger partial charge on any atom is -0.382 e. The van der Waals surface area contributed by atoms with Gasteiger partial charge in [-0.15, -0.1) is 0 Å².